The van der Waals surface area contributed by atoms with Crippen LogP contribution in [-0.4, -0.2) is 64.0 Å². The van der Waals surface area contributed by atoms with Gasteiger partial charge in [-0.1, -0.05) is 6.10 Å². The van der Waals surface area contributed by atoms with Crippen molar-refractivity contribution >= 4 is 40.4 Å². The molecule has 0 saturated carbocycles. The first-order valence-corrected chi connectivity index (χ1v) is 12.4. The minimum atomic E-state index is -5.73. The Morgan fingerprint density at radius 1 is 1.06 bits per heavy atom. The largest absolute Gasteiger partial charge is 2.00 e. The molecule has 1 fully saturated rings. The summed E-state index contributed by atoms with van der Waals surface area (Å²) in [7, 11) is -16.8. The SMILES string of the molecule is Nc1ncnc2c1ncn2[C@@H]1O[C@H](COP(=O)(O)OP(=O)(O)OP(=O)(O)O)[C@@H]([O-])[C@H]1[O-].[Zn+2]. The Balaban J connectivity index is 0.00000363. The molecule has 3 rings (SSSR count). The zero-order valence-corrected chi connectivity index (χ0v) is 21.2. The molecule has 0 bridgehead atoms. The van der Waals surface area contributed by atoms with Crippen LogP contribution in [0.25, 0.3) is 11.2 Å². The number of imidazole rings is 1. The van der Waals surface area contributed by atoms with Gasteiger partial charge in [0.1, 0.15) is 18.1 Å². The summed E-state index contributed by atoms with van der Waals surface area (Å²) in [5, 5.41) is 24.6. The van der Waals surface area contributed by atoms with E-state index in [0.717, 1.165) is 17.2 Å². The van der Waals surface area contributed by atoms with E-state index in [1.54, 1.807) is 0 Å². The molecule has 0 amide bonds. The van der Waals surface area contributed by atoms with E-state index in [0.29, 0.717) is 0 Å². The van der Waals surface area contributed by atoms with Crippen molar-refractivity contribution in [1.82, 2.24) is 19.5 Å². The summed E-state index contributed by atoms with van der Waals surface area (Å²) >= 11 is 0. The molecule has 3 heterocycles. The Kier molecular flexibility index (Phi) is 8.48. The van der Waals surface area contributed by atoms with E-state index in [9.17, 15) is 28.8 Å². The summed E-state index contributed by atoms with van der Waals surface area (Å²) in [5.74, 6) is 0.00655. The van der Waals surface area contributed by atoms with E-state index >= 15 is 0 Å². The van der Waals surface area contributed by atoms with Gasteiger partial charge >= 0.3 is 42.9 Å². The van der Waals surface area contributed by atoms with Crippen molar-refractivity contribution in [2.24, 2.45) is 0 Å². The monoisotopic (exact) mass is 569 g/mol. The van der Waals surface area contributed by atoms with Crippen LogP contribution in [0, 0.1) is 0 Å². The van der Waals surface area contributed by atoms with Gasteiger partial charge in [-0.05, 0) is 0 Å². The number of hydrogen-bond donors (Lipinski definition) is 5. The Morgan fingerprint density at radius 3 is 2.34 bits per heavy atom. The first-order valence-electron chi connectivity index (χ1n) is 7.87. The van der Waals surface area contributed by atoms with E-state index in [1.807, 2.05) is 0 Å². The molecule has 1 aliphatic rings. The number of anilines is 1. The second-order valence-corrected chi connectivity index (χ2v) is 10.4. The van der Waals surface area contributed by atoms with Crippen LogP contribution in [0.15, 0.2) is 12.7 Å². The van der Waals surface area contributed by atoms with E-state index < -0.39 is 54.6 Å². The molecule has 2 aromatic rings. The van der Waals surface area contributed by atoms with Crippen LogP contribution in [-0.2, 0) is 51.1 Å². The van der Waals surface area contributed by atoms with Crippen LogP contribution >= 0.6 is 23.5 Å². The van der Waals surface area contributed by atoms with Gasteiger partial charge in [-0.3, -0.25) is 9.09 Å². The maximum Gasteiger partial charge on any atom is 2.00 e. The number of fused-ring (bicyclic) bond motifs is 1. The Bertz CT molecular complexity index is 1110. The zero-order valence-electron chi connectivity index (χ0n) is 15.5. The first kappa shape index (κ1) is 27.5. The summed E-state index contributed by atoms with van der Waals surface area (Å²) < 4.78 is 51.5. The maximum atomic E-state index is 12.4. The van der Waals surface area contributed by atoms with Gasteiger partial charge in [-0.15, -0.1) is 6.10 Å². The number of ether oxygens (including phenoxy) is 1. The van der Waals surface area contributed by atoms with E-state index in [4.69, 9.17) is 25.2 Å². The molecule has 1 aliphatic heterocycles. The van der Waals surface area contributed by atoms with Crippen molar-refractivity contribution in [2.75, 3.05) is 12.3 Å². The normalized spacial score (nSPS) is 27.6. The number of nitrogen functional groups attached to an aromatic ring is 1. The molecule has 0 spiro atoms. The van der Waals surface area contributed by atoms with Crippen molar-refractivity contribution in [3.8, 4) is 0 Å². The number of rotatable bonds is 8. The van der Waals surface area contributed by atoms with Crippen molar-refractivity contribution in [1.29, 1.82) is 0 Å². The molecule has 1 saturated heterocycles. The fourth-order valence-electron chi connectivity index (χ4n) is 2.59. The van der Waals surface area contributed by atoms with Crippen LogP contribution in [0.5, 0.6) is 0 Å². The molecule has 0 radical (unpaired) electrons. The average molecular weight is 571 g/mol. The van der Waals surface area contributed by atoms with Gasteiger partial charge in [0.05, 0.1) is 19.0 Å². The third kappa shape index (κ3) is 6.44. The van der Waals surface area contributed by atoms with Crippen molar-refractivity contribution in [2.45, 2.75) is 24.5 Å². The molecule has 6 atom stereocenters. The third-order valence-electron chi connectivity index (χ3n) is 3.76. The molecule has 174 valence electrons. The predicted octanol–water partition coefficient (Wildman–Crippen LogP) is -2.90. The topological polar surface area (TPSA) is 285 Å². The van der Waals surface area contributed by atoms with Gasteiger partial charge in [-0.2, -0.15) is 8.62 Å². The maximum absolute atomic E-state index is 12.4. The van der Waals surface area contributed by atoms with Gasteiger partial charge in [0.25, 0.3) is 0 Å². The number of phosphoric ester groups is 1. The summed E-state index contributed by atoms with van der Waals surface area (Å²) in [6.07, 6.45) is -4.86. The Hall–Kier alpha value is -0.737. The minimum Gasteiger partial charge on any atom is -0.851 e. The fourth-order valence-corrected chi connectivity index (χ4v) is 5.62. The summed E-state index contributed by atoms with van der Waals surface area (Å²) in [5.41, 5.74) is 5.86. The molecule has 0 aliphatic carbocycles. The Morgan fingerprint density at radius 2 is 1.72 bits per heavy atom. The van der Waals surface area contributed by atoms with Crippen LogP contribution in [0.4, 0.5) is 5.82 Å². The second kappa shape index (κ2) is 9.86. The molecule has 2 aromatic heterocycles. The van der Waals surface area contributed by atoms with E-state index in [2.05, 4.69) is 28.1 Å². The number of nitrogens with zero attached hydrogens (tertiary/aromatic N) is 4. The number of aromatic nitrogens is 4. The molecule has 0 aromatic carbocycles. The summed E-state index contributed by atoms with van der Waals surface area (Å²) in [6, 6.07) is 0. The summed E-state index contributed by atoms with van der Waals surface area (Å²) in [4.78, 5) is 47.0. The molecular weight excluding hydrogens is 556 g/mol. The van der Waals surface area contributed by atoms with E-state index in [1.165, 1.54) is 0 Å². The Labute approximate surface area is 190 Å². The first-order chi connectivity index (χ1) is 14.2. The second-order valence-electron chi connectivity index (χ2n) is 5.96. The fraction of sp³-hybridized carbons (Fsp3) is 0.500. The third-order valence-corrected chi connectivity index (χ3v) is 7.57. The van der Waals surface area contributed by atoms with Gasteiger partial charge in [0.15, 0.2) is 11.5 Å². The minimum absolute atomic E-state index is 0. The van der Waals surface area contributed by atoms with Crippen molar-refractivity contribution in [3.63, 3.8) is 0 Å². The standard InChI is InChI=1S/C10H14N5O13P3.Zn/c11-8-5-9(13-2-12-8)15(3-14-5)10-7(17)6(16)4(26-10)1-25-30(21,22)28-31(23,24)27-29(18,19)20;/h2-4,6-7,10H,1H2,(H,21,22)(H,23,24)(H2,11,12,13)(H2,18,19,20);/q-2;+2/t4-,6-,7-,10-;/m1./s1. The van der Waals surface area contributed by atoms with Crippen LogP contribution in [0.3, 0.4) is 0 Å². The van der Waals surface area contributed by atoms with Crippen LogP contribution < -0.4 is 15.9 Å². The quantitative estimate of drug-likeness (QED) is 0.157. The number of hydrogen-bond acceptors (Lipinski definition) is 13. The van der Waals surface area contributed by atoms with E-state index in [-0.39, 0.29) is 36.5 Å². The average Bonchev–Trinajstić information content (AvgIpc) is 3.13. The molecule has 18 nitrogen and oxygen atoms in total. The molecule has 32 heavy (non-hydrogen) atoms. The molecule has 2 unspecified atom stereocenters. The number of nitrogens with two attached hydrogens (primary N) is 1. The van der Waals surface area contributed by atoms with Crippen LogP contribution in [0.1, 0.15) is 6.23 Å². The molecule has 22 heteroatoms. The van der Waals surface area contributed by atoms with Gasteiger partial charge in [0, 0.05) is 0 Å². The van der Waals surface area contributed by atoms with Crippen molar-refractivity contribution in [3.05, 3.63) is 12.7 Å². The number of phosphoric acid groups is 3. The van der Waals surface area contributed by atoms with Crippen molar-refractivity contribution < 1.29 is 80.8 Å². The summed E-state index contributed by atoms with van der Waals surface area (Å²) in [6.45, 7) is -1.06. The smallest absolute Gasteiger partial charge is 0.851 e. The zero-order chi connectivity index (χ0) is 23.2. The van der Waals surface area contributed by atoms with Gasteiger partial charge in [0.2, 0.25) is 0 Å². The van der Waals surface area contributed by atoms with Crippen LogP contribution in [0.2, 0.25) is 0 Å². The predicted molar refractivity (Wildman–Crippen MR) is 91.0 cm³/mol. The molecular formula is C10H14N5O13P3Zn. The van der Waals surface area contributed by atoms with Gasteiger partial charge in [-0.25, -0.2) is 28.6 Å². The molecule has 6 N–H and O–H groups in total. The van der Waals surface area contributed by atoms with Gasteiger partial charge < -0.3 is 40.3 Å².